The molecular formula is C11H16ClN7. The highest BCUT2D eigenvalue weighted by Gasteiger charge is 2.15. The van der Waals surface area contributed by atoms with Crippen molar-refractivity contribution in [1.82, 2.24) is 24.7 Å². The van der Waals surface area contributed by atoms with Crippen LogP contribution >= 0.6 is 11.6 Å². The number of anilines is 2. The minimum atomic E-state index is 0.209. The summed E-state index contributed by atoms with van der Waals surface area (Å²) in [6, 6.07) is 0. The first-order valence-corrected chi connectivity index (χ1v) is 6.28. The van der Waals surface area contributed by atoms with Gasteiger partial charge in [0.2, 0.25) is 5.95 Å². The Kier molecular flexibility index (Phi) is 3.84. The van der Waals surface area contributed by atoms with E-state index < -0.39 is 0 Å². The van der Waals surface area contributed by atoms with Crippen molar-refractivity contribution in [2.24, 2.45) is 0 Å². The van der Waals surface area contributed by atoms with Gasteiger partial charge in [0.1, 0.15) is 11.3 Å². The van der Waals surface area contributed by atoms with Crippen molar-refractivity contribution in [3.05, 3.63) is 22.9 Å². The van der Waals surface area contributed by atoms with Gasteiger partial charge in [-0.1, -0.05) is 11.6 Å². The normalized spacial score (nSPS) is 10.7. The number of rotatable bonds is 4. The molecular weight excluding hydrogens is 266 g/mol. The Balaban J connectivity index is 2.27. The molecule has 0 aromatic carbocycles. The second-order valence-electron chi connectivity index (χ2n) is 4.19. The van der Waals surface area contributed by atoms with Crippen LogP contribution in [0, 0.1) is 6.92 Å². The van der Waals surface area contributed by atoms with E-state index in [1.807, 2.05) is 23.4 Å². The molecule has 2 aromatic heterocycles. The van der Waals surface area contributed by atoms with E-state index in [4.69, 9.17) is 17.3 Å². The van der Waals surface area contributed by atoms with Gasteiger partial charge in [-0.05, 0) is 13.8 Å². The molecule has 2 rings (SSSR count). The van der Waals surface area contributed by atoms with Crippen molar-refractivity contribution >= 4 is 23.4 Å². The van der Waals surface area contributed by atoms with Crippen LogP contribution in [0.25, 0.3) is 0 Å². The van der Waals surface area contributed by atoms with E-state index in [9.17, 15) is 0 Å². The lowest BCUT2D eigenvalue weighted by Crippen LogP contribution is -2.22. The molecule has 0 radical (unpaired) electrons. The first kappa shape index (κ1) is 13.5. The van der Waals surface area contributed by atoms with Crippen molar-refractivity contribution in [2.45, 2.75) is 26.9 Å². The predicted molar refractivity (Wildman–Crippen MR) is 74.0 cm³/mol. The molecule has 0 amide bonds. The Morgan fingerprint density at radius 2 is 2.16 bits per heavy atom. The molecule has 0 fully saturated rings. The fourth-order valence-corrected chi connectivity index (χ4v) is 2.00. The Bertz CT molecular complexity index is 580. The molecule has 0 aliphatic heterocycles. The molecule has 2 heterocycles. The fourth-order valence-electron chi connectivity index (χ4n) is 1.77. The standard InChI is InChI=1S/C11H16ClN7/c1-4-19-6-14-17-8(19)5-18(3)10-9(12)7(2)15-11(13)16-10/h6H,4-5H2,1-3H3,(H2,13,15,16). The summed E-state index contributed by atoms with van der Waals surface area (Å²) in [5.74, 6) is 1.65. The van der Waals surface area contributed by atoms with Crippen molar-refractivity contribution < 1.29 is 0 Å². The number of nitrogens with two attached hydrogens (primary N) is 1. The van der Waals surface area contributed by atoms with Crippen molar-refractivity contribution in [2.75, 3.05) is 17.7 Å². The molecule has 2 aromatic rings. The summed E-state index contributed by atoms with van der Waals surface area (Å²) < 4.78 is 1.96. The van der Waals surface area contributed by atoms with E-state index in [0.29, 0.717) is 23.1 Å². The van der Waals surface area contributed by atoms with Crippen LogP contribution in [-0.2, 0) is 13.1 Å². The SMILES string of the molecule is CCn1cnnc1CN(C)c1nc(N)nc(C)c1Cl. The van der Waals surface area contributed by atoms with E-state index in [1.165, 1.54) is 0 Å². The third-order valence-electron chi connectivity index (χ3n) is 2.79. The van der Waals surface area contributed by atoms with Crippen LogP contribution in [0.4, 0.5) is 11.8 Å². The topological polar surface area (TPSA) is 85.8 Å². The van der Waals surface area contributed by atoms with Crippen LogP contribution in [0.15, 0.2) is 6.33 Å². The molecule has 102 valence electrons. The number of nitrogens with zero attached hydrogens (tertiary/aromatic N) is 6. The molecule has 7 nitrogen and oxygen atoms in total. The van der Waals surface area contributed by atoms with Crippen molar-refractivity contribution in [3.8, 4) is 0 Å². The Labute approximate surface area is 116 Å². The second kappa shape index (κ2) is 5.40. The van der Waals surface area contributed by atoms with E-state index >= 15 is 0 Å². The average Bonchev–Trinajstić information content (AvgIpc) is 2.80. The predicted octanol–water partition coefficient (Wildman–Crippen LogP) is 1.27. The van der Waals surface area contributed by atoms with Crippen LogP contribution in [0.5, 0.6) is 0 Å². The average molecular weight is 282 g/mol. The van der Waals surface area contributed by atoms with Crippen LogP contribution in [0.3, 0.4) is 0 Å². The Hall–Kier alpha value is -1.89. The molecule has 0 unspecified atom stereocenters. The van der Waals surface area contributed by atoms with Gasteiger partial charge >= 0.3 is 0 Å². The summed E-state index contributed by atoms with van der Waals surface area (Å²) in [6.07, 6.45) is 1.70. The van der Waals surface area contributed by atoms with Gasteiger partial charge in [-0.25, -0.2) is 4.98 Å². The number of hydrogen-bond acceptors (Lipinski definition) is 6. The third-order valence-corrected chi connectivity index (χ3v) is 3.24. The Morgan fingerprint density at radius 3 is 2.84 bits per heavy atom. The number of aromatic nitrogens is 5. The van der Waals surface area contributed by atoms with Gasteiger partial charge in [0.15, 0.2) is 11.6 Å². The molecule has 0 atom stereocenters. The lowest BCUT2D eigenvalue weighted by atomic mass is 10.4. The smallest absolute Gasteiger partial charge is 0.222 e. The summed E-state index contributed by atoms with van der Waals surface area (Å²) >= 11 is 6.21. The number of halogens is 1. The van der Waals surface area contributed by atoms with Gasteiger partial charge in [-0.3, -0.25) is 0 Å². The quantitative estimate of drug-likeness (QED) is 0.908. The molecule has 0 saturated heterocycles. The maximum absolute atomic E-state index is 6.21. The molecule has 0 bridgehead atoms. The highest BCUT2D eigenvalue weighted by molar-refractivity contribution is 6.33. The van der Waals surface area contributed by atoms with Gasteiger partial charge in [0.05, 0.1) is 12.2 Å². The molecule has 8 heteroatoms. The fraction of sp³-hybridized carbons (Fsp3) is 0.455. The first-order chi connectivity index (χ1) is 9.02. The zero-order chi connectivity index (χ0) is 14.0. The first-order valence-electron chi connectivity index (χ1n) is 5.90. The zero-order valence-corrected chi connectivity index (χ0v) is 11.9. The second-order valence-corrected chi connectivity index (χ2v) is 4.57. The Morgan fingerprint density at radius 1 is 1.42 bits per heavy atom. The van der Waals surface area contributed by atoms with Crippen molar-refractivity contribution in [3.63, 3.8) is 0 Å². The zero-order valence-electron chi connectivity index (χ0n) is 11.1. The van der Waals surface area contributed by atoms with Gasteiger partial charge < -0.3 is 15.2 Å². The summed E-state index contributed by atoms with van der Waals surface area (Å²) in [7, 11) is 1.88. The maximum atomic E-state index is 6.21. The largest absolute Gasteiger partial charge is 0.368 e. The summed E-state index contributed by atoms with van der Waals surface area (Å²) in [6.45, 7) is 5.19. The van der Waals surface area contributed by atoms with E-state index in [0.717, 1.165) is 12.4 Å². The van der Waals surface area contributed by atoms with Crippen LogP contribution < -0.4 is 10.6 Å². The van der Waals surface area contributed by atoms with E-state index in [1.54, 1.807) is 13.3 Å². The number of aryl methyl sites for hydroxylation is 2. The minimum Gasteiger partial charge on any atom is -0.368 e. The molecule has 0 spiro atoms. The lowest BCUT2D eigenvalue weighted by molar-refractivity contribution is 0.682. The highest BCUT2D eigenvalue weighted by atomic mass is 35.5. The molecule has 19 heavy (non-hydrogen) atoms. The summed E-state index contributed by atoms with van der Waals surface area (Å²) in [4.78, 5) is 10.1. The number of nitrogen functional groups attached to an aromatic ring is 1. The van der Waals surface area contributed by atoms with Gasteiger partial charge in [-0.2, -0.15) is 4.98 Å². The summed E-state index contributed by atoms with van der Waals surface area (Å²) in [5.41, 5.74) is 6.32. The summed E-state index contributed by atoms with van der Waals surface area (Å²) in [5, 5.41) is 8.47. The molecule has 0 aliphatic rings. The van der Waals surface area contributed by atoms with E-state index in [2.05, 4.69) is 20.2 Å². The van der Waals surface area contributed by atoms with Crippen molar-refractivity contribution in [1.29, 1.82) is 0 Å². The molecule has 0 aliphatic carbocycles. The van der Waals surface area contributed by atoms with Gasteiger partial charge in [0, 0.05) is 13.6 Å². The highest BCUT2D eigenvalue weighted by Crippen LogP contribution is 2.26. The van der Waals surface area contributed by atoms with Crippen LogP contribution in [0.1, 0.15) is 18.4 Å². The lowest BCUT2D eigenvalue weighted by Gasteiger charge is -2.19. The minimum absolute atomic E-state index is 0.209. The van der Waals surface area contributed by atoms with Gasteiger partial charge in [0.25, 0.3) is 0 Å². The van der Waals surface area contributed by atoms with Gasteiger partial charge in [-0.15, -0.1) is 10.2 Å². The monoisotopic (exact) mass is 281 g/mol. The number of hydrogen-bond donors (Lipinski definition) is 1. The molecule has 2 N–H and O–H groups in total. The van der Waals surface area contributed by atoms with Crippen LogP contribution in [-0.4, -0.2) is 31.8 Å². The maximum Gasteiger partial charge on any atom is 0.222 e. The molecule has 0 saturated carbocycles. The third kappa shape index (κ3) is 2.76. The van der Waals surface area contributed by atoms with E-state index in [-0.39, 0.29) is 5.95 Å². The van der Waals surface area contributed by atoms with Crippen LogP contribution in [0.2, 0.25) is 5.02 Å².